The van der Waals surface area contributed by atoms with Crippen LogP contribution in [0.3, 0.4) is 0 Å². The second-order valence-corrected chi connectivity index (χ2v) is 8.19. The van der Waals surface area contributed by atoms with Gasteiger partial charge in [0.2, 0.25) is 5.91 Å². The van der Waals surface area contributed by atoms with Crippen LogP contribution in [-0.4, -0.2) is 53.1 Å². The summed E-state index contributed by atoms with van der Waals surface area (Å²) in [7, 11) is 0. The largest absolute Gasteiger partial charge is 0.444 e. The molecule has 1 unspecified atom stereocenters. The Hall–Kier alpha value is -1.63. The summed E-state index contributed by atoms with van der Waals surface area (Å²) in [5.41, 5.74) is -0.188. The first-order valence-corrected chi connectivity index (χ1v) is 9.07. The monoisotopic (exact) mass is 414 g/mol. The molecular formula is C18H24BrFN2O3. The number of carbonyl (C=O) groups is 2. The van der Waals surface area contributed by atoms with Crippen molar-refractivity contribution in [2.24, 2.45) is 0 Å². The van der Waals surface area contributed by atoms with Crippen molar-refractivity contribution in [1.29, 1.82) is 0 Å². The molecule has 1 saturated heterocycles. The molecule has 1 aliphatic rings. The predicted octanol–water partition coefficient (Wildman–Crippen LogP) is 3.60. The Bertz CT molecular complexity index is 660. The van der Waals surface area contributed by atoms with Crippen LogP contribution in [0.15, 0.2) is 22.7 Å². The summed E-state index contributed by atoms with van der Waals surface area (Å²) < 4.78 is 20.0. The molecule has 1 aromatic rings. The van der Waals surface area contributed by atoms with E-state index in [0.717, 1.165) is 4.47 Å². The average molecular weight is 415 g/mol. The van der Waals surface area contributed by atoms with E-state index < -0.39 is 11.4 Å². The number of hydrogen-bond acceptors (Lipinski definition) is 3. The van der Waals surface area contributed by atoms with E-state index in [1.54, 1.807) is 21.9 Å². The van der Waals surface area contributed by atoms with Gasteiger partial charge in [-0.05, 0) is 51.5 Å². The molecule has 5 nitrogen and oxygen atoms in total. The number of piperazine rings is 1. The maximum atomic E-state index is 13.9. The molecule has 138 valence electrons. The molecule has 1 atom stereocenters. The molecule has 1 heterocycles. The molecule has 0 spiro atoms. The lowest BCUT2D eigenvalue weighted by Crippen LogP contribution is -2.56. The first-order valence-electron chi connectivity index (χ1n) is 8.28. The number of ether oxygens (including phenoxy) is 1. The van der Waals surface area contributed by atoms with Crippen LogP contribution in [0.2, 0.25) is 0 Å². The lowest BCUT2D eigenvalue weighted by atomic mass is 10.1. The standard InChI is InChI=1S/C18H24BrFN2O3/c1-12-11-21(17(24)25-18(2,3)4)7-8-22(12)16(23)10-13-9-14(19)5-6-15(13)20/h5-6,9,12H,7-8,10-11H2,1-4H3. The van der Waals surface area contributed by atoms with Gasteiger partial charge in [0.25, 0.3) is 0 Å². The highest BCUT2D eigenvalue weighted by molar-refractivity contribution is 9.10. The van der Waals surface area contributed by atoms with Crippen LogP contribution >= 0.6 is 15.9 Å². The molecular weight excluding hydrogens is 391 g/mol. The fourth-order valence-corrected chi connectivity index (χ4v) is 3.17. The molecule has 0 aromatic heterocycles. The Morgan fingerprint density at radius 2 is 2.00 bits per heavy atom. The first kappa shape index (κ1) is 19.7. The Balaban J connectivity index is 1.97. The normalized spacial score (nSPS) is 18.2. The van der Waals surface area contributed by atoms with Gasteiger partial charge < -0.3 is 14.5 Å². The van der Waals surface area contributed by atoms with Crippen molar-refractivity contribution < 1.29 is 18.7 Å². The number of rotatable bonds is 2. The lowest BCUT2D eigenvalue weighted by molar-refractivity contribution is -0.135. The van der Waals surface area contributed by atoms with Crippen molar-refractivity contribution in [3.8, 4) is 0 Å². The second kappa shape index (κ2) is 7.72. The predicted molar refractivity (Wildman–Crippen MR) is 96.8 cm³/mol. The third-order valence-corrected chi connectivity index (χ3v) is 4.44. The van der Waals surface area contributed by atoms with Crippen LogP contribution in [0.1, 0.15) is 33.3 Å². The number of halogens is 2. The number of carbonyl (C=O) groups excluding carboxylic acids is 2. The fourth-order valence-electron chi connectivity index (χ4n) is 2.76. The van der Waals surface area contributed by atoms with Crippen molar-refractivity contribution in [2.45, 2.75) is 45.8 Å². The van der Waals surface area contributed by atoms with Gasteiger partial charge in [-0.1, -0.05) is 15.9 Å². The molecule has 0 saturated carbocycles. The van der Waals surface area contributed by atoms with Gasteiger partial charge in [-0.25, -0.2) is 9.18 Å². The molecule has 2 amide bonds. The third-order valence-electron chi connectivity index (χ3n) is 3.95. The summed E-state index contributed by atoms with van der Waals surface area (Å²) in [6, 6.07) is 4.42. The Labute approximate surface area is 156 Å². The van der Waals surface area contributed by atoms with Crippen LogP contribution < -0.4 is 0 Å². The zero-order valence-corrected chi connectivity index (χ0v) is 16.6. The number of nitrogens with zero attached hydrogens (tertiary/aromatic N) is 2. The zero-order chi connectivity index (χ0) is 18.8. The molecule has 0 bridgehead atoms. The quantitative estimate of drug-likeness (QED) is 0.742. The number of hydrogen-bond donors (Lipinski definition) is 0. The van der Waals surface area contributed by atoms with E-state index in [4.69, 9.17) is 4.74 Å². The van der Waals surface area contributed by atoms with Crippen molar-refractivity contribution in [1.82, 2.24) is 9.80 Å². The molecule has 1 aliphatic heterocycles. The fraction of sp³-hybridized carbons (Fsp3) is 0.556. The van der Waals surface area contributed by atoms with E-state index in [9.17, 15) is 14.0 Å². The molecule has 2 rings (SSSR count). The zero-order valence-electron chi connectivity index (χ0n) is 15.0. The van der Waals surface area contributed by atoms with Gasteiger partial charge in [-0.2, -0.15) is 0 Å². The summed E-state index contributed by atoms with van der Waals surface area (Å²) in [4.78, 5) is 28.0. The SMILES string of the molecule is CC1CN(C(=O)OC(C)(C)C)CCN1C(=O)Cc1cc(Br)ccc1F. The van der Waals surface area contributed by atoms with E-state index in [1.165, 1.54) is 6.07 Å². The highest BCUT2D eigenvalue weighted by Gasteiger charge is 2.32. The summed E-state index contributed by atoms with van der Waals surface area (Å²) in [5, 5.41) is 0. The van der Waals surface area contributed by atoms with E-state index in [-0.39, 0.29) is 24.5 Å². The molecule has 0 aliphatic carbocycles. The van der Waals surface area contributed by atoms with Gasteiger partial charge in [0.1, 0.15) is 11.4 Å². The molecule has 25 heavy (non-hydrogen) atoms. The lowest BCUT2D eigenvalue weighted by Gasteiger charge is -2.40. The summed E-state index contributed by atoms with van der Waals surface area (Å²) in [5.74, 6) is -0.537. The minimum atomic E-state index is -0.550. The summed E-state index contributed by atoms with van der Waals surface area (Å²) in [6.45, 7) is 8.57. The average Bonchev–Trinajstić information content (AvgIpc) is 2.49. The Morgan fingerprint density at radius 3 is 2.60 bits per heavy atom. The van der Waals surface area contributed by atoms with Gasteiger partial charge in [0.05, 0.1) is 6.42 Å². The van der Waals surface area contributed by atoms with Gasteiger partial charge in [0.15, 0.2) is 0 Å². The molecule has 1 aromatic carbocycles. The third kappa shape index (κ3) is 5.42. The van der Waals surface area contributed by atoms with Crippen molar-refractivity contribution in [2.75, 3.05) is 19.6 Å². The second-order valence-electron chi connectivity index (χ2n) is 7.28. The van der Waals surface area contributed by atoms with Crippen LogP contribution in [0.5, 0.6) is 0 Å². The van der Waals surface area contributed by atoms with E-state index in [1.807, 2.05) is 27.7 Å². The van der Waals surface area contributed by atoms with Crippen molar-refractivity contribution in [3.05, 3.63) is 34.1 Å². The van der Waals surface area contributed by atoms with Gasteiger partial charge >= 0.3 is 6.09 Å². The molecule has 0 radical (unpaired) electrons. The molecule has 0 N–H and O–H groups in total. The van der Waals surface area contributed by atoms with Crippen LogP contribution in [0.4, 0.5) is 9.18 Å². The highest BCUT2D eigenvalue weighted by Crippen LogP contribution is 2.19. The highest BCUT2D eigenvalue weighted by atomic mass is 79.9. The first-order chi connectivity index (χ1) is 11.6. The van der Waals surface area contributed by atoms with E-state index in [0.29, 0.717) is 25.2 Å². The van der Waals surface area contributed by atoms with Crippen LogP contribution in [0.25, 0.3) is 0 Å². The molecule has 1 fully saturated rings. The maximum Gasteiger partial charge on any atom is 0.410 e. The van der Waals surface area contributed by atoms with Crippen molar-refractivity contribution in [3.63, 3.8) is 0 Å². The minimum absolute atomic E-state index is 0.00203. The molecule has 7 heteroatoms. The Kier molecular flexibility index (Phi) is 6.08. The smallest absolute Gasteiger partial charge is 0.410 e. The van der Waals surface area contributed by atoms with Crippen LogP contribution in [0, 0.1) is 5.82 Å². The van der Waals surface area contributed by atoms with Gasteiger partial charge in [0, 0.05) is 30.1 Å². The topological polar surface area (TPSA) is 49.9 Å². The maximum absolute atomic E-state index is 13.9. The number of amides is 2. The minimum Gasteiger partial charge on any atom is -0.444 e. The van der Waals surface area contributed by atoms with Gasteiger partial charge in [-0.3, -0.25) is 4.79 Å². The van der Waals surface area contributed by atoms with E-state index in [2.05, 4.69) is 15.9 Å². The Morgan fingerprint density at radius 1 is 1.32 bits per heavy atom. The number of benzene rings is 1. The van der Waals surface area contributed by atoms with Gasteiger partial charge in [-0.15, -0.1) is 0 Å². The van der Waals surface area contributed by atoms with Crippen molar-refractivity contribution >= 4 is 27.9 Å². The summed E-state index contributed by atoms with van der Waals surface area (Å²) in [6.07, 6.45) is -0.369. The summed E-state index contributed by atoms with van der Waals surface area (Å²) >= 11 is 3.29. The van der Waals surface area contributed by atoms with Crippen LogP contribution in [-0.2, 0) is 16.0 Å². The van der Waals surface area contributed by atoms with E-state index >= 15 is 0 Å².